The normalized spacial score (nSPS) is 22.9. The largest absolute Gasteiger partial charge is 0.450 e. The van der Waals surface area contributed by atoms with Crippen LogP contribution in [0.5, 0.6) is 0 Å². The van der Waals surface area contributed by atoms with E-state index < -0.39 is 56.4 Å². The van der Waals surface area contributed by atoms with Crippen LogP contribution in [-0.4, -0.2) is 96.8 Å². The standard InChI is InChI=1S/C34H56N4O7S/c1-8-18-45-32(42)36-29(34(5,6)46(7,43)44)31(41)35-26(19-23-14-10-9-11-15-23)28(39)22-38-21-25-17-13-12-16-24(25)20-27(38)30(40)37-33(2,3)4/h9-11,14-15,24-29,39H,8,12-13,16-22H2,1-7H3,(H,35,41)(H,36,42)(H,37,40). The third kappa shape index (κ3) is 10.4. The Morgan fingerprint density at radius 2 is 1.65 bits per heavy atom. The molecular formula is C34H56N4O7S. The van der Waals surface area contributed by atoms with Crippen molar-refractivity contribution in [2.24, 2.45) is 11.8 Å². The van der Waals surface area contributed by atoms with Gasteiger partial charge >= 0.3 is 6.09 Å². The SMILES string of the molecule is CCCOC(=O)NC(C(=O)NC(Cc1ccccc1)C(O)CN1CC2CCCCC2CC1C(=O)NC(C)(C)C)C(C)(C)S(C)(=O)=O. The van der Waals surface area contributed by atoms with Crippen LogP contribution in [0.15, 0.2) is 30.3 Å². The van der Waals surface area contributed by atoms with E-state index in [-0.39, 0.29) is 25.5 Å². The molecule has 0 aromatic heterocycles. The van der Waals surface area contributed by atoms with Gasteiger partial charge in [0.1, 0.15) is 6.04 Å². The van der Waals surface area contributed by atoms with E-state index in [2.05, 4.69) is 20.9 Å². The predicted octanol–water partition coefficient (Wildman–Crippen LogP) is 3.20. The number of likely N-dealkylation sites (tertiary alicyclic amines) is 1. The third-order valence-corrected chi connectivity index (χ3v) is 11.6. The second-order valence-corrected chi connectivity index (χ2v) is 17.3. The van der Waals surface area contributed by atoms with Crippen molar-refractivity contribution in [3.63, 3.8) is 0 Å². The smallest absolute Gasteiger partial charge is 0.407 e. The number of aliphatic hydroxyl groups excluding tert-OH is 1. The molecule has 1 aliphatic carbocycles. The van der Waals surface area contributed by atoms with Crippen molar-refractivity contribution in [1.82, 2.24) is 20.9 Å². The Hall–Kier alpha value is -2.70. The molecule has 3 rings (SSSR count). The van der Waals surface area contributed by atoms with Crippen LogP contribution < -0.4 is 16.0 Å². The molecule has 46 heavy (non-hydrogen) atoms. The fraction of sp³-hybridized carbons (Fsp3) is 0.735. The minimum absolute atomic E-state index is 0.0721. The summed E-state index contributed by atoms with van der Waals surface area (Å²) in [5.41, 5.74) is 0.440. The second kappa shape index (κ2) is 15.9. The van der Waals surface area contributed by atoms with Crippen LogP contribution in [0.1, 0.15) is 85.6 Å². The number of β-amino-alcohol motifs (C(OH)–C–C–N with tert-alkyl or cyclic N) is 1. The Kier molecular flexibility index (Phi) is 13.1. The van der Waals surface area contributed by atoms with Gasteiger partial charge in [0.05, 0.1) is 29.5 Å². The van der Waals surface area contributed by atoms with Gasteiger partial charge in [-0.25, -0.2) is 13.2 Å². The first-order valence-corrected chi connectivity index (χ1v) is 18.5. The molecule has 4 N–H and O–H groups in total. The Balaban J connectivity index is 1.91. The molecule has 11 nitrogen and oxygen atoms in total. The fourth-order valence-electron chi connectivity index (χ4n) is 6.54. The van der Waals surface area contributed by atoms with Gasteiger partial charge in [-0.2, -0.15) is 0 Å². The Morgan fingerprint density at radius 1 is 1.02 bits per heavy atom. The molecule has 1 aromatic carbocycles. The highest BCUT2D eigenvalue weighted by Gasteiger charge is 2.46. The summed E-state index contributed by atoms with van der Waals surface area (Å²) in [6.45, 7) is 11.3. The molecule has 1 heterocycles. The zero-order chi connectivity index (χ0) is 34.3. The number of rotatable bonds is 13. The summed E-state index contributed by atoms with van der Waals surface area (Å²) in [6.07, 6.45) is 5.00. The van der Waals surface area contributed by atoms with Crippen molar-refractivity contribution in [2.45, 2.75) is 121 Å². The molecule has 260 valence electrons. The lowest BCUT2D eigenvalue weighted by molar-refractivity contribution is -0.133. The molecule has 1 aromatic rings. The van der Waals surface area contributed by atoms with Gasteiger partial charge in [-0.15, -0.1) is 0 Å². The molecule has 12 heteroatoms. The Bertz CT molecular complexity index is 1280. The monoisotopic (exact) mass is 664 g/mol. The second-order valence-electron chi connectivity index (χ2n) is 14.7. The average molecular weight is 665 g/mol. The number of carbonyl (C=O) groups excluding carboxylic acids is 3. The zero-order valence-corrected chi connectivity index (χ0v) is 29.5. The Labute approximate surface area is 275 Å². The molecule has 2 aliphatic rings. The molecule has 0 spiro atoms. The van der Waals surface area contributed by atoms with Gasteiger partial charge in [0, 0.05) is 24.9 Å². The number of ether oxygens (including phenoxy) is 1. The summed E-state index contributed by atoms with van der Waals surface area (Å²) >= 11 is 0. The number of aliphatic hydroxyl groups is 1. The average Bonchev–Trinajstić information content (AvgIpc) is 2.97. The van der Waals surface area contributed by atoms with Gasteiger partial charge in [-0.1, -0.05) is 56.5 Å². The first kappa shape index (κ1) is 37.8. The van der Waals surface area contributed by atoms with Crippen LogP contribution in [0.25, 0.3) is 0 Å². The number of piperidine rings is 1. The highest BCUT2D eigenvalue weighted by atomic mass is 32.2. The summed E-state index contributed by atoms with van der Waals surface area (Å²) in [5, 5.41) is 20.3. The zero-order valence-electron chi connectivity index (χ0n) is 28.7. The van der Waals surface area contributed by atoms with Crippen LogP contribution in [-0.2, 0) is 30.6 Å². The minimum atomic E-state index is -3.84. The van der Waals surface area contributed by atoms with Gasteiger partial charge in [0.15, 0.2) is 9.84 Å². The van der Waals surface area contributed by atoms with E-state index in [0.717, 1.165) is 37.5 Å². The van der Waals surface area contributed by atoms with E-state index in [9.17, 15) is 27.9 Å². The third-order valence-electron chi connectivity index (χ3n) is 9.43. The molecular weight excluding hydrogens is 608 g/mol. The van der Waals surface area contributed by atoms with E-state index in [1.807, 2.05) is 58.0 Å². The lowest BCUT2D eigenvalue weighted by Crippen LogP contribution is -2.64. The van der Waals surface area contributed by atoms with Gasteiger partial charge in [0.2, 0.25) is 11.8 Å². The maximum atomic E-state index is 13.9. The van der Waals surface area contributed by atoms with Crippen molar-refractivity contribution in [3.8, 4) is 0 Å². The van der Waals surface area contributed by atoms with Gasteiger partial charge < -0.3 is 25.8 Å². The van der Waals surface area contributed by atoms with Crippen molar-refractivity contribution in [2.75, 3.05) is 26.0 Å². The Morgan fingerprint density at radius 3 is 2.24 bits per heavy atom. The number of carbonyl (C=O) groups is 3. The topological polar surface area (TPSA) is 154 Å². The van der Waals surface area contributed by atoms with Gasteiger partial charge in [-0.05, 0) is 77.7 Å². The maximum Gasteiger partial charge on any atom is 0.407 e. The van der Waals surface area contributed by atoms with Crippen LogP contribution in [0, 0.1) is 11.8 Å². The van der Waals surface area contributed by atoms with Crippen LogP contribution in [0.2, 0.25) is 0 Å². The molecule has 1 saturated carbocycles. The highest BCUT2D eigenvalue weighted by molar-refractivity contribution is 7.92. The summed E-state index contributed by atoms with van der Waals surface area (Å²) < 4.78 is 29.1. The predicted molar refractivity (Wildman–Crippen MR) is 179 cm³/mol. The van der Waals surface area contributed by atoms with Crippen molar-refractivity contribution in [1.29, 1.82) is 0 Å². The lowest BCUT2D eigenvalue weighted by atomic mass is 9.72. The molecule has 1 saturated heterocycles. The molecule has 1 aliphatic heterocycles. The molecule has 0 bridgehead atoms. The van der Waals surface area contributed by atoms with E-state index in [1.165, 1.54) is 13.8 Å². The van der Waals surface area contributed by atoms with E-state index in [1.54, 1.807) is 0 Å². The number of hydrogen-bond donors (Lipinski definition) is 4. The number of hydrogen-bond acceptors (Lipinski definition) is 8. The fourth-order valence-corrected chi connectivity index (χ4v) is 7.13. The number of sulfone groups is 1. The molecule has 0 radical (unpaired) electrons. The van der Waals surface area contributed by atoms with Gasteiger partial charge in [0.25, 0.3) is 0 Å². The first-order valence-electron chi connectivity index (χ1n) is 16.6. The van der Waals surface area contributed by atoms with Crippen molar-refractivity contribution < 1.29 is 32.6 Å². The maximum absolute atomic E-state index is 13.9. The quantitative estimate of drug-likeness (QED) is 0.251. The van der Waals surface area contributed by atoms with E-state index in [0.29, 0.717) is 31.2 Å². The minimum Gasteiger partial charge on any atom is -0.450 e. The van der Waals surface area contributed by atoms with E-state index in [4.69, 9.17) is 4.74 Å². The highest BCUT2D eigenvalue weighted by Crippen LogP contribution is 2.39. The molecule has 3 amide bonds. The van der Waals surface area contributed by atoms with Crippen LogP contribution in [0.3, 0.4) is 0 Å². The van der Waals surface area contributed by atoms with Gasteiger partial charge in [-0.3, -0.25) is 14.5 Å². The van der Waals surface area contributed by atoms with Crippen molar-refractivity contribution >= 4 is 27.7 Å². The first-order chi connectivity index (χ1) is 21.4. The summed E-state index contributed by atoms with van der Waals surface area (Å²) in [7, 11) is -3.84. The molecule has 6 unspecified atom stereocenters. The molecule has 6 atom stereocenters. The number of fused-ring (bicyclic) bond motifs is 1. The van der Waals surface area contributed by atoms with Crippen LogP contribution in [0.4, 0.5) is 4.79 Å². The van der Waals surface area contributed by atoms with Crippen LogP contribution >= 0.6 is 0 Å². The van der Waals surface area contributed by atoms with Crippen molar-refractivity contribution in [3.05, 3.63) is 35.9 Å². The van der Waals surface area contributed by atoms with E-state index >= 15 is 0 Å². The summed E-state index contributed by atoms with van der Waals surface area (Å²) in [5.74, 6) is 0.0595. The number of nitrogens with one attached hydrogen (secondary N) is 3. The number of amides is 3. The number of nitrogens with zero attached hydrogens (tertiary/aromatic N) is 1. The molecule has 2 fully saturated rings. The number of alkyl carbamates (subject to hydrolysis) is 1. The number of benzene rings is 1. The lowest BCUT2D eigenvalue weighted by Gasteiger charge is -2.47. The summed E-state index contributed by atoms with van der Waals surface area (Å²) in [6, 6.07) is 6.60. The summed E-state index contributed by atoms with van der Waals surface area (Å²) in [4.78, 5) is 42.1.